The van der Waals surface area contributed by atoms with Crippen LogP contribution in [-0.4, -0.2) is 54.5 Å². The number of hydrogen-bond acceptors (Lipinski definition) is 4. The molecule has 1 saturated carbocycles. The normalized spacial score (nSPS) is 33.0. The molecule has 5 nitrogen and oxygen atoms in total. The molecule has 0 aromatic heterocycles. The van der Waals surface area contributed by atoms with Gasteiger partial charge in [0.05, 0.1) is 13.2 Å². The van der Waals surface area contributed by atoms with Crippen LogP contribution in [0.25, 0.3) is 0 Å². The van der Waals surface area contributed by atoms with Gasteiger partial charge >= 0.3 is 6.09 Å². The Labute approximate surface area is 133 Å². The van der Waals surface area contributed by atoms with Crippen molar-refractivity contribution in [3.05, 3.63) is 0 Å². The van der Waals surface area contributed by atoms with Gasteiger partial charge in [-0.1, -0.05) is 19.3 Å². The number of ether oxygens (including phenoxy) is 2. The van der Waals surface area contributed by atoms with E-state index in [-0.39, 0.29) is 11.7 Å². The smallest absolute Gasteiger partial charge is 0.410 e. The third kappa shape index (κ3) is 3.40. The minimum Gasteiger partial charge on any atom is -0.444 e. The van der Waals surface area contributed by atoms with Crippen molar-refractivity contribution in [2.24, 2.45) is 5.92 Å². The van der Waals surface area contributed by atoms with E-state index in [9.17, 15) is 4.79 Å². The van der Waals surface area contributed by atoms with E-state index < -0.39 is 5.60 Å². The van der Waals surface area contributed by atoms with Gasteiger partial charge in [0.1, 0.15) is 11.2 Å². The number of rotatable bonds is 2. The van der Waals surface area contributed by atoms with Crippen molar-refractivity contribution in [3.63, 3.8) is 0 Å². The van der Waals surface area contributed by atoms with E-state index in [0.29, 0.717) is 12.6 Å². The zero-order chi connectivity index (χ0) is 15.8. The molecule has 0 aromatic carbocycles. The lowest BCUT2D eigenvalue weighted by molar-refractivity contribution is -0.0955. The lowest BCUT2D eigenvalue weighted by Crippen LogP contribution is -2.60. The highest BCUT2D eigenvalue weighted by molar-refractivity contribution is 5.68. The van der Waals surface area contributed by atoms with Crippen molar-refractivity contribution >= 4 is 6.09 Å². The summed E-state index contributed by atoms with van der Waals surface area (Å²) in [5.74, 6) is 0.839. The molecule has 1 spiro atoms. The largest absolute Gasteiger partial charge is 0.444 e. The monoisotopic (exact) mass is 310 g/mol. The van der Waals surface area contributed by atoms with Crippen LogP contribution < -0.4 is 5.32 Å². The molecule has 0 bridgehead atoms. The van der Waals surface area contributed by atoms with Crippen LogP contribution in [-0.2, 0) is 9.47 Å². The van der Waals surface area contributed by atoms with Gasteiger partial charge in [-0.05, 0) is 39.5 Å². The predicted octanol–water partition coefficient (Wildman–Crippen LogP) is 2.54. The SMILES string of the molecule is CC(C)(C)OC(=O)N1CCC2(C1)OCCNC2CC1CCC1. The predicted molar refractivity (Wildman–Crippen MR) is 84.9 cm³/mol. The van der Waals surface area contributed by atoms with E-state index in [1.165, 1.54) is 25.7 Å². The van der Waals surface area contributed by atoms with Gasteiger partial charge in [0.15, 0.2) is 0 Å². The molecule has 3 rings (SSSR count). The molecule has 3 fully saturated rings. The number of amides is 1. The maximum absolute atomic E-state index is 12.3. The van der Waals surface area contributed by atoms with Gasteiger partial charge in [-0.2, -0.15) is 0 Å². The summed E-state index contributed by atoms with van der Waals surface area (Å²) in [5, 5.41) is 3.65. The van der Waals surface area contributed by atoms with E-state index in [0.717, 1.165) is 32.0 Å². The third-order valence-corrected chi connectivity index (χ3v) is 5.23. The highest BCUT2D eigenvalue weighted by atomic mass is 16.6. The summed E-state index contributed by atoms with van der Waals surface area (Å²) in [5.41, 5.74) is -0.644. The summed E-state index contributed by atoms with van der Waals surface area (Å²) in [6, 6.07) is 0.374. The average Bonchev–Trinajstić information content (AvgIpc) is 2.79. The third-order valence-electron chi connectivity index (χ3n) is 5.23. The van der Waals surface area contributed by atoms with Crippen LogP contribution in [0.2, 0.25) is 0 Å². The number of nitrogens with one attached hydrogen (secondary N) is 1. The Balaban J connectivity index is 1.63. The van der Waals surface area contributed by atoms with Gasteiger partial charge in [0.2, 0.25) is 0 Å². The highest BCUT2D eigenvalue weighted by Crippen LogP contribution is 2.38. The summed E-state index contributed by atoms with van der Waals surface area (Å²) in [6.45, 7) is 8.79. The number of morpholine rings is 1. The second kappa shape index (κ2) is 6.00. The fourth-order valence-corrected chi connectivity index (χ4v) is 3.82. The second-order valence-electron chi connectivity index (χ2n) is 8.10. The molecule has 1 amide bonds. The van der Waals surface area contributed by atoms with Crippen molar-refractivity contribution in [1.29, 1.82) is 0 Å². The van der Waals surface area contributed by atoms with Crippen LogP contribution in [0.1, 0.15) is 52.9 Å². The first-order valence-electron chi connectivity index (χ1n) is 8.73. The Hall–Kier alpha value is -0.810. The van der Waals surface area contributed by atoms with Gasteiger partial charge in [0.25, 0.3) is 0 Å². The van der Waals surface area contributed by atoms with Crippen LogP contribution in [0.3, 0.4) is 0 Å². The van der Waals surface area contributed by atoms with Crippen molar-refractivity contribution in [2.45, 2.75) is 70.1 Å². The van der Waals surface area contributed by atoms with E-state index >= 15 is 0 Å². The zero-order valence-corrected chi connectivity index (χ0v) is 14.2. The summed E-state index contributed by atoms with van der Waals surface area (Å²) >= 11 is 0. The fraction of sp³-hybridized carbons (Fsp3) is 0.941. The van der Waals surface area contributed by atoms with E-state index in [1.807, 2.05) is 25.7 Å². The standard InChI is InChI=1S/C17H30N2O3/c1-16(2,3)22-15(20)19-9-7-17(12-19)14(18-8-10-21-17)11-13-5-4-6-13/h13-14,18H,4-12H2,1-3H3. The molecule has 2 unspecified atom stereocenters. The molecule has 5 heteroatoms. The van der Waals surface area contributed by atoms with Crippen LogP contribution in [0, 0.1) is 5.92 Å². The number of likely N-dealkylation sites (tertiary alicyclic amines) is 1. The molecule has 0 aromatic rings. The maximum Gasteiger partial charge on any atom is 0.410 e. The van der Waals surface area contributed by atoms with Gasteiger partial charge in [0, 0.05) is 19.1 Å². The Morgan fingerprint density at radius 2 is 2.18 bits per heavy atom. The molecule has 22 heavy (non-hydrogen) atoms. The number of carbonyl (C=O) groups is 1. The molecule has 2 heterocycles. The number of hydrogen-bond donors (Lipinski definition) is 1. The second-order valence-corrected chi connectivity index (χ2v) is 8.10. The van der Waals surface area contributed by atoms with Gasteiger partial charge in [-0.25, -0.2) is 4.79 Å². The molecular weight excluding hydrogens is 280 g/mol. The molecular formula is C17H30N2O3. The molecule has 126 valence electrons. The van der Waals surface area contributed by atoms with Crippen molar-refractivity contribution < 1.29 is 14.3 Å². The van der Waals surface area contributed by atoms with Crippen LogP contribution in [0.15, 0.2) is 0 Å². The molecule has 2 aliphatic heterocycles. The van der Waals surface area contributed by atoms with Crippen molar-refractivity contribution in [1.82, 2.24) is 10.2 Å². The van der Waals surface area contributed by atoms with E-state index in [1.54, 1.807) is 0 Å². The molecule has 0 radical (unpaired) electrons. The molecule has 1 N–H and O–H groups in total. The first-order chi connectivity index (χ1) is 10.4. The lowest BCUT2D eigenvalue weighted by atomic mass is 9.76. The Morgan fingerprint density at radius 3 is 2.82 bits per heavy atom. The van der Waals surface area contributed by atoms with E-state index in [2.05, 4.69) is 5.32 Å². The lowest BCUT2D eigenvalue weighted by Gasteiger charge is -2.44. The minimum atomic E-state index is -0.441. The van der Waals surface area contributed by atoms with Crippen LogP contribution >= 0.6 is 0 Å². The van der Waals surface area contributed by atoms with Crippen LogP contribution in [0.4, 0.5) is 4.79 Å². The first kappa shape index (κ1) is 16.1. The Kier molecular flexibility index (Phi) is 4.38. The van der Waals surface area contributed by atoms with Gasteiger partial charge in [-0.3, -0.25) is 0 Å². The first-order valence-corrected chi connectivity index (χ1v) is 8.73. The zero-order valence-electron chi connectivity index (χ0n) is 14.2. The minimum absolute atomic E-state index is 0.204. The van der Waals surface area contributed by atoms with Gasteiger partial charge < -0.3 is 19.7 Å². The summed E-state index contributed by atoms with van der Waals surface area (Å²) < 4.78 is 11.7. The maximum atomic E-state index is 12.3. The number of carbonyl (C=O) groups excluding carboxylic acids is 1. The Bertz CT molecular complexity index is 417. The molecule has 2 saturated heterocycles. The molecule has 1 aliphatic carbocycles. The quantitative estimate of drug-likeness (QED) is 0.851. The van der Waals surface area contributed by atoms with Crippen molar-refractivity contribution in [3.8, 4) is 0 Å². The highest BCUT2D eigenvalue weighted by Gasteiger charge is 2.49. The summed E-state index contributed by atoms with van der Waals surface area (Å²) in [6.07, 6.45) is 5.96. The fourth-order valence-electron chi connectivity index (χ4n) is 3.82. The summed E-state index contributed by atoms with van der Waals surface area (Å²) in [4.78, 5) is 14.1. The average molecular weight is 310 g/mol. The molecule has 3 aliphatic rings. The number of nitrogens with zero attached hydrogens (tertiary/aromatic N) is 1. The van der Waals surface area contributed by atoms with Crippen LogP contribution in [0.5, 0.6) is 0 Å². The van der Waals surface area contributed by atoms with E-state index in [4.69, 9.17) is 9.47 Å². The van der Waals surface area contributed by atoms with Gasteiger partial charge in [-0.15, -0.1) is 0 Å². The topological polar surface area (TPSA) is 50.8 Å². The Morgan fingerprint density at radius 1 is 1.41 bits per heavy atom. The summed E-state index contributed by atoms with van der Waals surface area (Å²) in [7, 11) is 0. The van der Waals surface area contributed by atoms with Crippen molar-refractivity contribution in [2.75, 3.05) is 26.2 Å². The molecule has 2 atom stereocenters.